The number of anilines is 1. The molecule has 1 aliphatic rings. The van der Waals surface area contributed by atoms with Crippen molar-refractivity contribution >= 4 is 18.1 Å². The van der Waals surface area contributed by atoms with Crippen LogP contribution < -0.4 is 15.5 Å². The maximum absolute atomic E-state index is 10.2. The molecule has 0 aromatic heterocycles. The summed E-state index contributed by atoms with van der Waals surface area (Å²) in [6.45, 7) is 8.98. The van der Waals surface area contributed by atoms with Gasteiger partial charge in [0.2, 0.25) is 0 Å². The zero-order chi connectivity index (χ0) is 13.0. The number of phenols is 1. The summed E-state index contributed by atoms with van der Waals surface area (Å²) in [7, 11) is 0. The molecule has 0 spiro atoms. The summed E-state index contributed by atoms with van der Waals surface area (Å²) < 4.78 is 0. The highest BCUT2D eigenvalue weighted by atomic mass is 35.5. The van der Waals surface area contributed by atoms with E-state index in [0.717, 1.165) is 44.0 Å². The van der Waals surface area contributed by atoms with Gasteiger partial charge in [0.05, 0.1) is 0 Å². The Morgan fingerprint density at radius 2 is 2.00 bits per heavy atom. The Hall–Kier alpha value is -0.970. The van der Waals surface area contributed by atoms with Crippen molar-refractivity contribution in [3.8, 4) is 5.75 Å². The normalized spacial score (nSPS) is 18.7. The largest absolute Gasteiger partial charge is 0.508 e. The van der Waals surface area contributed by atoms with Gasteiger partial charge in [0.25, 0.3) is 0 Å². The molecular weight excluding hydrogens is 262 g/mol. The van der Waals surface area contributed by atoms with E-state index in [1.165, 1.54) is 0 Å². The van der Waals surface area contributed by atoms with Crippen molar-refractivity contribution in [2.24, 2.45) is 0 Å². The quantitative estimate of drug-likeness (QED) is 0.791. The first kappa shape index (κ1) is 16.1. The van der Waals surface area contributed by atoms with E-state index in [1.807, 2.05) is 12.1 Å². The highest BCUT2D eigenvalue weighted by Gasteiger charge is 2.18. The van der Waals surface area contributed by atoms with Crippen molar-refractivity contribution in [1.82, 2.24) is 10.6 Å². The predicted molar refractivity (Wildman–Crippen MR) is 82.5 cm³/mol. The van der Waals surface area contributed by atoms with Gasteiger partial charge < -0.3 is 20.6 Å². The van der Waals surface area contributed by atoms with Crippen LogP contribution in [0.1, 0.15) is 25.5 Å². The van der Waals surface area contributed by atoms with E-state index in [2.05, 4.69) is 35.4 Å². The standard InChI is InChI=1S/C14H23N3O.ClH/c1-3-17(4-2)11-5-6-12(14(18)9-11)13-10-15-7-8-16-13;/h5-6,9,13,15-16,18H,3-4,7-8,10H2,1-2H3;1H/t13-;/m1./s1. The number of piperazine rings is 1. The summed E-state index contributed by atoms with van der Waals surface area (Å²) >= 11 is 0. The maximum atomic E-state index is 10.2. The number of nitrogens with one attached hydrogen (secondary N) is 2. The molecule has 0 radical (unpaired) electrons. The number of nitrogens with zero attached hydrogens (tertiary/aromatic N) is 1. The first-order valence-electron chi connectivity index (χ1n) is 6.78. The van der Waals surface area contributed by atoms with Crippen LogP contribution in [0.15, 0.2) is 18.2 Å². The van der Waals surface area contributed by atoms with Crippen molar-refractivity contribution in [3.63, 3.8) is 0 Å². The summed E-state index contributed by atoms with van der Waals surface area (Å²) in [6.07, 6.45) is 0. The van der Waals surface area contributed by atoms with E-state index in [1.54, 1.807) is 0 Å². The molecule has 0 amide bonds. The zero-order valence-corrected chi connectivity index (χ0v) is 12.5. The Kier molecular flexibility index (Phi) is 6.42. The van der Waals surface area contributed by atoms with E-state index < -0.39 is 0 Å². The molecule has 1 aromatic carbocycles. The SMILES string of the molecule is CCN(CC)c1ccc([C@H]2CNCCN2)c(O)c1.Cl. The summed E-state index contributed by atoms with van der Waals surface area (Å²) in [5.41, 5.74) is 2.07. The van der Waals surface area contributed by atoms with Crippen LogP contribution in [0.5, 0.6) is 5.75 Å². The lowest BCUT2D eigenvalue weighted by atomic mass is 10.0. The lowest BCUT2D eigenvalue weighted by molar-refractivity contribution is 0.404. The highest BCUT2D eigenvalue weighted by Crippen LogP contribution is 2.29. The van der Waals surface area contributed by atoms with Gasteiger partial charge in [-0.05, 0) is 19.9 Å². The maximum Gasteiger partial charge on any atom is 0.122 e. The fourth-order valence-electron chi connectivity index (χ4n) is 2.49. The molecule has 1 atom stereocenters. The van der Waals surface area contributed by atoms with Crippen molar-refractivity contribution in [3.05, 3.63) is 23.8 Å². The van der Waals surface area contributed by atoms with Gasteiger partial charge in [-0.25, -0.2) is 0 Å². The number of hydrogen-bond donors (Lipinski definition) is 3. The smallest absolute Gasteiger partial charge is 0.122 e. The molecular formula is C14H24ClN3O. The van der Waals surface area contributed by atoms with Crippen LogP contribution in [0.2, 0.25) is 0 Å². The van der Waals surface area contributed by atoms with Crippen molar-refractivity contribution in [2.75, 3.05) is 37.6 Å². The molecule has 1 saturated heterocycles. The Labute approximate surface area is 121 Å². The fourth-order valence-corrected chi connectivity index (χ4v) is 2.49. The molecule has 2 rings (SSSR count). The van der Waals surface area contributed by atoms with Gasteiger partial charge in [-0.1, -0.05) is 6.07 Å². The average Bonchev–Trinajstić information content (AvgIpc) is 2.41. The number of hydrogen-bond acceptors (Lipinski definition) is 4. The van der Waals surface area contributed by atoms with Gasteiger partial charge in [-0.3, -0.25) is 0 Å². The summed E-state index contributed by atoms with van der Waals surface area (Å²) in [5, 5.41) is 16.9. The Balaban J connectivity index is 0.00000180. The van der Waals surface area contributed by atoms with Crippen LogP contribution in [-0.2, 0) is 0 Å². The molecule has 0 aliphatic carbocycles. The van der Waals surface area contributed by atoms with E-state index in [4.69, 9.17) is 0 Å². The molecule has 3 N–H and O–H groups in total. The van der Waals surface area contributed by atoms with Gasteiger partial charge in [-0.2, -0.15) is 0 Å². The molecule has 0 bridgehead atoms. The van der Waals surface area contributed by atoms with Gasteiger partial charge in [-0.15, -0.1) is 12.4 Å². The molecule has 0 saturated carbocycles. The Morgan fingerprint density at radius 3 is 2.53 bits per heavy atom. The van der Waals surface area contributed by atoms with E-state index in [0.29, 0.717) is 5.75 Å². The van der Waals surface area contributed by atoms with Crippen molar-refractivity contribution in [1.29, 1.82) is 0 Å². The van der Waals surface area contributed by atoms with Gasteiger partial charge in [0.1, 0.15) is 5.75 Å². The van der Waals surface area contributed by atoms with Gasteiger partial charge >= 0.3 is 0 Å². The second kappa shape index (κ2) is 7.58. The number of benzene rings is 1. The summed E-state index contributed by atoms with van der Waals surface area (Å²) in [5.74, 6) is 0.389. The van der Waals surface area contributed by atoms with E-state index in [-0.39, 0.29) is 18.4 Å². The fraction of sp³-hybridized carbons (Fsp3) is 0.571. The highest BCUT2D eigenvalue weighted by molar-refractivity contribution is 5.85. The van der Waals surface area contributed by atoms with Crippen LogP contribution >= 0.6 is 12.4 Å². The van der Waals surface area contributed by atoms with Crippen molar-refractivity contribution < 1.29 is 5.11 Å². The first-order valence-corrected chi connectivity index (χ1v) is 6.78. The summed E-state index contributed by atoms with van der Waals surface area (Å²) in [6, 6.07) is 6.22. The number of aromatic hydroxyl groups is 1. The molecule has 0 unspecified atom stereocenters. The van der Waals surface area contributed by atoms with Crippen LogP contribution in [-0.4, -0.2) is 37.8 Å². The van der Waals surface area contributed by atoms with E-state index >= 15 is 0 Å². The molecule has 4 nitrogen and oxygen atoms in total. The minimum absolute atomic E-state index is 0. The third kappa shape index (κ3) is 3.75. The second-order valence-electron chi connectivity index (χ2n) is 4.63. The number of rotatable bonds is 4. The minimum atomic E-state index is 0. The first-order chi connectivity index (χ1) is 8.76. The van der Waals surface area contributed by atoms with Gasteiger partial charge in [0.15, 0.2) is 0 Å². The molecule has 1 heterocycles. The third-order valence-corrected chi connectivity index (χ3v) is 3.56. The Bertz CT molecular complexity index is 390. The number of halogens is 1. The lowest BCUT2D eigenvalue weighted by Gasteiger charge is -2.27. The van der Waals surface area contributed by atoms with Gasteiger partial charge in [0, 0.05) is 56.1 Å². The monoisotopic (exact) mass is 285 g/mol. The van der Waals surface area contributed by atoms with E-state index in [9.17, 15) is 5.11 Å². The van der Waals surface area contributed by atoms with Crippen LogP contribution in [0, 0.1) is 0 Å². The topological polar surface area (TPSA) is 47.5 Å². The molecule has 19 heavy (non-hydrogen) atoms. The molecule has 1 aromatic rings. The summed E-state index contributed by atoms with van der Waals surface area (Å²) in [4.78, 5) is 2.23. The molecule has 108 valence electrons. The number of phenolic OH excluding ortho intramolecular Hbond substituents is 1. The van der Waals surface area contributed by atoms with Crippen LogP contribution in [0.3, 0.4) is 0 Å². The van der Waals surface area contributed by atoms with Crippen molar-refractivity contribution in [2.45, 2.75) is 19.9 Å². The predicted octanol–water partition coefficient (Wildman–Crippen LogP) is 1.89. The third-order valence-electron chi connectivity index (χ3n) is 3.56. The Morgan fingerprint density at radius 1 is 1.26 bits per heavy atom. The average molecular weight is 286 g/mol. The molecule has 1 aliphatic heterocycles. The minimum Gasteiger partial charge on any atom is -0.508 e. The lowest BCUT2D eigenvalue weighted by Crippen LogP contribution is -2.42. The van der Waals surface area contributed by atoms with Crippen LogP contribution in [0.25, 0.3) is 0 Å². The zero-order valence-electron chi connectivity index (χ0n) is 11.6. The van der Waals surface area contributed by atoms with Crippen LogP contribution in [0.4, 0.5) is 5.69 Å². The molecule has 1 fully saturated rings. The molecule has 5 heteroatoms. The second-order valence-corrected chi connectivity index (χ2v) is 4.63.